The van der Waals surface area contributed by atoms with Gasteiger partial charge in [-0.3, -0.25) is 9.69 Å². The van der Waals surface area contributed by atoms with Crippen LogP contribution < -0.4 is 0 Å². The van der Waals surface area contributed by atoms with Crippen LogP contribution in [0, 0.1) is 12.8 Å². The number of carbonyl (C=O) groups is 1. The Morgan fingerprint density at radius 2 is 1.96 bits per heavy atom. The van der Waals surface area contributed by atoms with Gasteiger partial charge in [0.2, 0.25) is 0 Å². The summed E-state index contributed by atoms with van der Waals surface area (Å²) in [5, 5.41) is 0. The van der Waals surface area contributed by atoms with Gasteiger partial charge in [-0.25, -0.2) is 4.98 Å². The van der Waals surface area contributed by atoms with Crippen LogP contribution in [0.5, 0.6) is 0 Å². The van der Waals surface area contributed by atoms with Crippen molar-refractivity contribution in [1.82, 2.24) is 19.2 Å². The van der Waals surface area contributed by atoms with Crippen LogP contribution in [-0.2, 0) is 4.74 Å². The maximum absolute atomic E-state index is 12.8. The Morgan fingerprint density at radius 1 is 1.20 bits per heavy atom. The Kier molecular flexibility index (Phi) is 4.72. The van der Waals surface area contributed by atoms with Gasteiger partial charge in [-0.15, -0.1) is 0 Å². The molecule has 2 aromatic rings. The average Bonchev–Trinajstić information content (AvgIpc) is 3.08. The molecular formula is C19H26N4O2. The van der Waals surface area contributed by atoms with Crippen molar-refractivity contribution in [3.63, 3.8) is 0 Å². The maximum atomic E-state index is 12.8. The predicted octanol–water partition coefficient (Wildman–Crippen LogP) is 1.83. The summed E-state index contributed by atoms with van der Waals surface area (Å²) in [5.74, 6) is 0.749. The second-order valence-electron chi connectivity index (χ2n) is 7.17. The van der Waals surface area contributed by atoms with E-state index in [0.29, 0.717) is 11.6 Å². The molecule has 2 fully saturated rings. The molecule has 4 rings (SSSR count). The molecule has 0 bridgehead atoms. The minimum Gasteiger partial charge on any atom is -0.379 e. The molecule has 2 aromatic heterocycles. The van der Waals surface area contributed by atoms with Gasteiger partial charge in [-0.1, -0.05) is 6.07 Å². The van der Waals surface area contributed by atoms with E-state index >= 15 is 0 Å². The number of aryl methyl sites for hydroxylation is 1. The van der Waals surface area contributed by atoms with E-state index in [1.165, 1.54) is 0 Å². The van der Waals surface area contributed by atoms with Crippen LogP contribution >= 0.6 is 0 Å². The second-order valence-corrected chi connectivity index (χ2v) is 7.17. The number of nitrogens with zero attached hydrogens (tertiary/aromatic N) is 4. The number of imidazole rings is 1. The van der Waals surface area contributed by atoms with Gasteiger partial charge in [-0.05, 0) is 37.8 Å². The summed E-state index contributed by atoms with van der Waals surface area (Å²) in [7, 11) is 0. The van der Waals surface area contributed by atoms with Gasteiger partial charge in [0.1, 0.15) is 11.3 Å². The summed E-state index contributed by atoms with van der Waals surface area (Å²) in [6.07, 6.45) is 4.03. The number of rotatable bonds is 3. The quantitative estimate of drug-likeness (QED) is 0.854. The van der Waals surface area contributed by atoms with E-state index in [2.05, 4.69) is 9.88 Å². The van der Waals surface area contributed by atoms with Gasteiger partial charge in [0.05, 0.1) is 13.2 Å². The van der Waals surface area contributed by atoms with E-state index < -0.39 is 0 Å². The highest BCUT2D eigenvalue weighted by molar-refractivity contribution is 5.93. The lowest BCUT2D eigenvalue weighted by molar-refractivity contribution is 0.0242. The molecular weight excluding hydrogens is 316 g/mol. The van der Waals surface area contributed by atoms with Crippen molar-refractivity contribution in [3.05, 3.63) is 35.8 Å². The molecule has 2 aliphatic heterocycles. The van der Waals surface area contributed by atoms with Crippen LogP contribution in [0.25, 0.3) is 5.65 Å². The van der Waals surface area contributed by atoms with E-state index in [9.17, 15) is 4.79 Å². The van der Waals surface area contributed by atoms with Crippen LogP contribution in [0.2, 0.25) is 0 Å². The van der Waals surface area contributed by atoms with E-state index in [1.54, 1.807) is 0 Å². The minimum atomic E-state index is 0.0629. The summed E-state index contributed by atoms with van der Waals surface area (Å²) in [4.78, 5) is 21.8. The summed E-state index contributed by atoms with van der Waals surface area (Å²) in [6.45, 7) is 8.62. The third-order valence-corrected chi connectivity index (χ3v) is 5.44. The van der Waals surface area contributed by atoms with Crippen LogP contribution in [0.15, 0.2) is 24.4 Å². The second kappa shape index (κ2) is 7.14. The number of morpholine rings is 1. The van der Waals surface area contributed by atoms with Crippen molar-refractivity contribution >= 4 is 11.6 Å². The van der Waals surface area contributed by atoms with Crippen LogP contribution in [0.1, 0.15) is 29.0 Å². The first-order valence-electron chi connectivity index (χ1n) is 9.25. The molecule has 0 spiro atoms. The van der Waals surface area contributed by atoms with Crippen LogP contribution in [0.3, 0.4) is 0 Å². The summed E-state index contributed by atoms with van der Waals surface area (Å²) >= 11 is 0. The van der Waals surface area contributed by atoms with Crippen molar-refractivity contribution in [2.24, 2.45) is 5.92 Å². The van der Waals surface area contributed by atoms with E-state index in [0.717, 1.165) is 70.1 Å². The van der Waals surface area contributed by atoms with Gasteiger partial charge in [0.25, 0.3) is 5.91 Å². The van der Waals surface area contributed by atoms with Crippen molar-refractivity contribution < 1.29 is 9.53 Å². The van der Waals surface area contributed by atoms with Gasteiger partial charge >= 0.3 is 0 Å². The van der Waals surface area contributed by atoms with Gasteiger partial charge < -0.3 is 14.0 Å². The largest absolute Gasteiger partial charge is 0.379 e. The lowest BCUT2D eigenvalue weighted by atomic mass is 9.96. The zero-order valence-electron chi connectivity index (χ0n) is 14.9. The van der Waals surface area contributed by atoms with Gasteiger partial charge in [0, 0.05) is 44.6 Å². The van der Waals surface area contributed by atoms with Crippen LogP contribution in [0.4, 0.5) is 0 Å². The summed E-state index contributed by atoms with van der Waals surface area (Å²) in [5.41, 5.74) is 2.49. The molecule has 2 aliphatic rings. The smallest absolute Gasteiger partial charge is 0.274 e. The number of carbonyl (C=O) groups excluding carboxylic acids is 1. The third kappa shape index (κ3) is 3.55. The first-order chi connectivity index (χ1) is 12.2. The number of likely N-dealkylation sites (tertiary alicyclic amines) is 1. The molecule has 0 atom stereocenters. The standard InChI is InChI=1S/C19H26N4O2/c1-15-3-2-4-18-20-17(14-23(15)18)19(24)22-7-5-16(6-8-22)13-21-9-11-25-12-10-21/h2-4,14,16H,5-13H2,1H3. The Hall–Kier alpha value is -1.92. The summed E-state index contributed by atoms with van der Waals surface area (Å²) < 4.78 is 7.40. The number of amides is 1. The number of aromatic nitrogens is 2. The predicted molar refractivity (Wildman–Crippen MR) is 95.8 cm³/mol. The highest BCUT2D eigenvalue weighted by Crippen LogP contribution is 2.21. The molecule has 0 saturated carbocycles. The number of ether oxygens (including phenoxy) is 1. The number of fused-ring (bicyclic) bond motifs is 1. The molecule has 4 heterocycles. The fourth-order valence-corrected chi connectivity index (χ4v) is 3.88. The molecule has 2 saturated heterocycles. The fourth-order valence-electron chi connectivity index (χ4n) is 3.88. The van der Waals surface area contributed by atoms with E-state index in [-0.39, 0.29) is 5.91 Å². The molecule has 0 aliphatic carbocycles. The Labute approximate surface area is 148 Å². The van der Waals surface area contributed by atoms with Crippen LogP contribution in [-0.4, -0.2) is 71.0 Å². The topological polar surface area (TPSA) is 50.1 Å². The molecule has 134 valence electrons. The number of hydrogen-bond donors (Lipinski definition) is 0. The number of piperidine rings is 1. The molecule has 0 radical (unpaired) electrons. The zero-order chi connectivity index (χ0) is 17.2. The molecule has 6 nitrogen and oxygen atoms in total. The van der Waals surface area contributed by atoms with Crippen molar-refractivity contribution in [2.45, 2.75) is 19.8 Å². The lowest BCUT2D eigenvalue weighted by Crippen LogP contribution is -2.44. The monoisotopic (exact) mass is 342 g/mol. The Balaban J connectivity index is 1.36. The van der Waals surface area contributed by atoms with E-state index in [1.807, 2.05) is 40.6 Å². The normalized spacial score (nSPS) is 20.3. The molecule has 0 aromatic carbocycles. The molecule has 0 unspecified atom stereocenters. The average molecular weight is 342 g/mol. The molecule has 6 heteroatoms. The Bertz CT molecular complexity index is 743. The van der Waals surface area contributed by atoms with E-state index in [4.69, 9.17) is 4.74 Å². The lowest BCUT2D eigenvalue weighted by Gasteiger charge is -2.35. The zero-order valence-corrected chi connectivity index (χ0v) is 14.9. The fraction of sp³-hybridized carbons (Fsp3) is 0.579. The third-order valence-electron chi connectivity index (χ3n) is 5.44. The van der Waals surface area contributed by atoms with Gasteiger partial charge in [0.15, 0.2) is 0 Å². The number of hydrogen-bond acceptors (Lipinski definition) is 4. The first kappa shape index (κ1) is 16.5. The first-order valence-corrected chi connectivity index (χ1v) is 9.25. The number of pyridine rings is 1. The molecule has 25 heavy (non-hydrogen) atoms. The SMILES string of the molecule is Cc1cccc2nc(C(=O)N3CCC(CN4CCOCC4)CC3)cn12. The van der Waals surface area contributed by atoms with Gasteiger partial charge in [-0.2, -0.15) is 0 Å². The van der Waals surface area contributed by atoms with Crippen molar-refractivity contribution in [1.29, 1.82) is 0 Å². The molecule has 1 amide bonds. The summed E-state index contributed by atoms with van der Waals surface area (Å²) in [6, 6.07) is 5.95. The molecule has 0 N–H and O–H groups in total. The van der Waals surface area contributed by atoms with Crippen molar-refractivity contribution in [3.8, 4) is 0 Å². The minimum absolute atomic E-state index is 0.0629. The highest BCUT2D eigenvalue weighted by atomic mass is 16.5. The maximum Gasteiger partial charge on any atom is 0.274 e. The highest BCUT2D eigenvalue weighted by Gasteiger charge is 2.26. The Morgan fingerprint density at radius 3 is 2.68 bits per heavy atom. The van der Waals surface area contributed by atoms with Crippen molar-refractivity contribution in [2.75, 3.05) is 45.9 Å².